The average molecular weight is 449 g/mol. The maximum Gasteiger partial charge on any atom is 0.254 e. The minimum absolute atomic E-state index is 0.0877. The predicted molar refractivity (Wildman–Crippen MR) is 113 cm³/mol. The molecule has 0 N–H and O–H groups in total. The Labute approximate surface area is 182 Å². The third-order valence-corrected chi connectivity index (χ3v) is 6.06. The van der Waals surface area contributed by atoms with Crippen LogP contribution in [0.2, 0.25) is 5.02 Å². The predicted octanol–water partition coefficient (Wildman–Crippen LogP) is 3.43. The zero-order valence-corrected chi connectivity index (χ0v) is 18.2. The molecule has 0 aliphatic carbocycles. The van der Waals surface area contributed by atoms with E-state index in [4.69, 9.17) is 25.6 Å². The topological polar surface area (TPSA) is 80.9 Å². The Bertz CT molecular complexity index is 1020. The van der Waals surface area contributed by atoms with Crippen molar-refractivity contribution >= 4 is 28.8 Å². The molecule has 0 spiro atoms. The zero-order chi connectivity index (χ0) is 21.1. The molecule has 8 nitrogen and oxygen atoms in total. The summed E-state index contributed by atoms with van der Waals surface area (Å²) in [5, 5.41) is 6.37. The number of nitrogens with zero attached hydrogens (tertiary/aromatic N) is 4. The van der Waals surface area contributed by atoms with Gasteiger partial charge in [-0.3, -0.25) is 9.69 Å². The molecule has 0 radical (unpaired) electrons. The summed E-state index contributed by atoms with van der Waals surface area (Å²) in [7, 11) is 3.03. The first-order valence-corrected chi connectivity index (χ1v) is 10.6. The molecule has 0 atom stereocenters. The fraction of sp³-hybridized carbons (Fsp3) is 0.350. The lowest BCUT2D eigenvalue weighted by Crippen LogP contribution is -2.48. The van der Waals surface area contributed by atoms with Gasteiger partial charge in [-0.1, -0.05) is 22.8 Å². The molecular weight excluding hydrogens is 428 g/mol. The summed E-state index contributed by atoms with van der Waals surface area (Å²) in [5.74, 6) is 1.95. The number of carbonyl (C=O) groups is 1. The second-order valence-electron chi connectivity index (χ2n) is 6.75. The van der Waals surface area contributed by atoms with Crippen LogP contribution in [-0.4, -0.2) is 66.2 Å². The summed E-state index contributed by atoms with van der Waals surface area (Å²) >= 11 is 7.82. The highest BCUT2D eigenvalue weighted by atomic mass is 35.5. The lowest BCUT2D eigenvalue weighted by molar-refractivity contribution is 0.0614. The lowest BCUT2D eigenvalue weighted by atomic mass is 10.1. The van der Waals surface area contributed by atoms with E-state index in [0.29, 0.717) is 66.5 Å². The monoisotopic (exact) mass is 448 g/mol. The summed E-state index contributed by atoms with van der Waals surface area (Å²) in [4.78, 5) is 22.4. The third kappa shape index (κ3) is 4.28. The van der Waals surface area contributed by atoms with E-state index in [9.17, 15) is 4.79 Å². The molecule has 158 valence electrons. The van der Waals surface area contributed by atoms with Crippen LogP contribution in [-0.2, 0) is 6.54 Å². The van der Waals surface area contributed by atoms with Crippen molar-refractivity contribution in [3.63, 3.8) is 0 Å². The number of carbonyl (C=O) groups excluding carboxylic acids is 1. The molecule has 3 aromatic rings. The Balaban J connectivity index is 1.36. The van der Waals surface area contributed by atoms with Crippen LogP contribution in [0.4, 0.5) is 0 Å². The lowest BCUT2D eigenvalue weighted by Gasteiger charge is -2.34. The molecule has 2 aromatic heterocycles. The van der Waals surface area contributed by atoms with Crippen molar-refractivity contribution < 1.29 is 18.8 Å². The van der Waals surface area contributed by atoms with Gasteiger partial charge in [0.1, 0.15) is 0 Å². The van der Waals surface area contributed by atoms with Gasteiger partial charge in [-0.2, -0.15) is 4.98 Å². The Hall–Kier alpha value is -2.62. The van der Waals surface area contributed by atoms with E-state index in [1.54, 1.807) is 28.4 Å². The molecule has 0 saturated carbocycles. The first-order valence-electron chi connectivity index (χ1n) is 9.38. The number of hydrogen-bond acceptors (Lipinski definition) is 8. The summed E-state index contributed by atoms with van der Waals surface area (Å²) in [5.41, 5.74) is 0.476. The summed E-state index contributed by atoms with van der Waals surface area (Å²) < 4.78 is 15.9. The summed E-state index contributed by atoms with van der Waals surface area (Å²) in [6, 6.07) is 7.19. The quantitative estimate of drug-likeness (QED) is 0.571. The number of thiophene rings is 1. The van der Waals surface area contributed by atoms with E-state index in [0.717, 1.165) is 4.88 Å². The van der Waals surface area contributed by atoms with Gasteiger partial charge in [-0.25, -0.2) is 0 Å². The molecule has 10 heteroatoms. The van der Waals surface area contributed by atoms with Gasteiger partial charge in [0.25, 0.3) is 5.91 Å². The summed E-state index contributed by atoms with van der Waals surface area (Å²) in [6.45, 7) is 3.17. The van der Waals surface area contributed by atoms with Crippen molar-refractivity contribution in [2.45, 2.75) is 6.54 Å². The first-order chi connectivity index (χ1) is 14.6. The van der Waals surface area contributed by atoms with Crippen molar-refractivity contribution in [1.82, 2.24) is 19.9 Å². The summed E-state index contributed by atoms with van der Waals surface area (Å²) in [6.07, 6.45) is 0. The van der Waals surface area contributed by atoms with Gasteiger partial charge in [0, 0.05) is 31.7 Å². The van der Waals surface area contributed by atoms with Gasteiger partial charge in [0.2, 0.25) is 11.7 Å². The Kier molecular flexibility index (Phi) is 6.21. The highest BCUT2D eigenvalue weighted by Crippen LogP contribution is 2.36. The molecule has 4 rings (SSSR count). The standard InChI is InChI=1S/C20H21ClN4O4S/c1-27-15-11-13(10-14(21)18(15)28-2)20(26)25-7-5-24(6-8-25)12-17-22-19(23-29-17)16-4-3-9-30-16/h3-4,9-11H,5-8,12H2,1-2H3. The number of aromatic nitrogens is 2. The maximum absolute atomic E-state index is 12.9. The number of benzene rings is 1. The normalized spacial score (nSPS) is 14.7. The van der Waals surface area contributed by atoms with Crippen molar-refractivity contribution in [2.75, 3.05) is 40.4 Å². The van der Waals surface area contributed by atoms with Gasteiger partial charge >= 0.3 is 0 Å². The van der Waals surface area contributed by atoms with Gasteiger partial charge < -0.3 is 18.9 Å². The van der Waals surface area contributed by atoms with Crippen LogP contribution in [0.3, 0.4) is 0 Å². The Morgan fingerprint density at radius 2 is 2.03 bits per heavy atom. The molecule has 0 bridgehead atoms. The first kappa shape index (κ1) is 20.6. The molecule has 1 fully saturated rings. The highest BCUT2D eigenvalue weighted by molar-refractivity contribution is 7.13. The van der Waals surface area contributed by atoms with E-state index in [2.05, 4.69) is 15.0 Å². The van der Waals surface area contributed by atoms with Gasteiger partial charge in [-0.05, 0) is 23.6 Å². The second kappa shape index (κ2) is 9.03. The number of ether oxygens (including phenoxy) is 2. The maximum atomic E-state index is 12.9. The van der Waals surface area contributed by atoms with E-state index < -0.39 is 0 Å². The van der Waals surface area contributed by atoms with E-state index in [1.807, 2.05) is 17.5 Å². The number of rotatable bonds is 6. The molecule has 0 unspecified atom stereocenters. The number of amides is 1. The van der Waals surface area contributed by atoms with Crippen molar-refractivity contribution in [1.29, 1.82) is 0 Å². The van der Waals surface area contributed by atoms with E-state index in [1.165, 1.54) is 14.2 Å². The molecule has 3 heterocycles. The van der Waals surface area contributed by atoms with Crippen molar-refractivity contribution in [2.24, 2.45) is 0 Å². The molecule has 1 aliphatic heterocycles. The van der Waals surface area contributed by atoms with Crippen LogP contribution >= 0.6 is 22.9 Å². The Morgan fingerprint density at radius 3 is 2.70 bits per heavy atom. The molecule has 1 saturated heterocycles. The fourth-order valence-corrected chi connectivity index (χ4v) is 4.29. The van der Waals surface area contributed by atoms with Gasteiger partial charge in [-0.15, -0.1) is 11.3 Å². The minimum atomic E-state index is -0.0877. The number of piperazine rings is 1. The molecular formula is C20H21ClN4O4S. The van der Waals surface area contributed by atoms with Gasteiger partial charge in [0.05, 0.1) is 30.7 Å². The molecule has 1 aromatic carbocycles. The average Bonchev–Trinajstić information content (AvgIpc) is 3.45. The smallest absolute Gasteiger partial charge is 0.254 e. The second-order valence-corrected chi connectivity index (χ2v) is 8.11. The fourth-order valence-electron chi connectivity index (χ4n) is 3.35. The van der Waals surface area contributed by atoms with Crippen LogP contribution in [0.1, 0.15) is 16.2 Å². The van der Waals surface area contributed by atoms with E-state index >= 15 is 0 Å². The highest BCUT2D eigenvalue weighted by Gasteiger charge is 2.25. The van der Waals surface area contributed by atoms with E-state index in [-0.39, 0.29) is 5.91 Å². The zero-order valence-electron chi connectivity index (χ0n) is 16.6. The molecule has 30 heavy (non-hydrogen) atoms. The number of halogens is 1. The van der Waals surface area contributed by atoms with Gasteiger partial charge in [0.15, 0.2) is 11.5 Å². The van der Waals surface area contributed by atoms with Crippen LogP contribution in [0.15, 0.2) is 34.2 Å². The third-order valence-electron chi connectivity index (χ3n) is 4.91. The van der Waals surface area contributed by atoms with Crippen molar-refractivity contribution in [3.8, 4) is 22.2 Å². The molecule has 1 aliphatic rings. The van der Waals surface area contributed by atoms with Crippen molar-refractivity contribution in [3.05, 3.63) is 46.1 Å². The van der Waals surface area contributed by atoms with Crippen LogP contribution in [0.5, 0.6) is 11.5 Å². The Morgan fingerprint density at radius 1 is 1.23 bits per heavy atom. The van der Waals surface area contributed by atoms with Crippen LogP contribution in [0.25, 0.3) is 10.7 Å². The largest absolute Gasteiger partial charge is 0.493 e. The van der Waals surface area contributed by atoms with Crippen LogP contribution < -0.4 is 9.47 Å². The molecule has 1 amide bonds. The van der Waals surface area contributed by atoms with Crippen LogP contribution in [0, 0.1) is 0 Å². The minimum Gasteiger partial charge on any atom is -0.493 e. The number of methoxy groups -OCH3 is 2. The number of hydrogen-bond donors (Lipinski definition) is 0. The SMILES string of the molecule is COc1cc(C(=O)N2CCN(Cc3nc(-c4cccs4)no3)CC2)cc(Cl)c1OC.